The second-order valence-corrected chi connectivity index (χ2v) is 4.27. The van der Waals surface area contributed by atoms with E-state index in [9.17, 15) is 9.18 Å². The van der Waals surface area contributed by atoms with Crippen LogP contribution in [0.1, 0.15) is 71.1 Å². The largest absolute Gasteiger partial charge is 0.237 e. The maximum absolute atomic E-state index is 12.7. The van der Waals surface area contributed by atoms with E-state index < -0.39 is 6.30 Å². The Morgan fingerprint density at radius 1 is 1.00 bits per heavy atom. The predicted octanol–water partition coefficient (Wildman–Crippen LogP) is 4.54. The first-order valence-electron chi connectivity index (χ1n) is 6.52. The molecular weight excluding hydrogens is 205 g/mol. The third-order valence-electron chi connectivity index (χ3n) is 2.74. The van der Waals surface area contributed by atoms with E-state index in [0.717, 1.165) is 12.8 Å². The predicted molar refractivity (Wildman–Crippen MR) is 64.9 cm³/mol. The number of unbranched alkanes of at least 4 members (excludes halogenated alkanes) is 8. The summed E-state index contributed by atoms with van der Waals surface area (Å²) in [6, 6.07) is 0. The van der Waals surface area contributed by atoms with Crippen molar-refractivity contribution < 1.29 is 9.18 Å². The van der Waals surface area contributed by atoms with Crippen LogP contribution in [0.15, 0.2) is 4.99 Å². The minimum absolute atomic E-state index is 0.366. The van der Waals surface area contributed by atoms with E-state index in [0.29, 0.717) is 6.42 Å². The molecular formula is C13H24FNO. The third kappa shape index (κ3) is 11.4. The number of halogens is 1. The zero-order valence-electron chi connectivity index (χ0n) is 10.4. The van der Waals surface area contributed by atoms with Crippen LogP contribution < -0.4 is 0 Å². The number of isocyanates is 1. The van der Waals surface area contributed by atoms with Crippen molar-refractivity contribution in [3.05, 3.63) is 0 Å². The van der Waals surface area contributed by atoms with Gasteiger partial charge in [-0.15, -0.1) is 0 Å². The Kier molecular flexibility index (Phi) is 11.8. The van der Waals surface area contributed by atoms with E-state index in [2.05, 4.69) is 11.9 Å². The van der Waals surface area contributed by atoms with Gasteiger partial charge < -0.3 is 0 Å². The minimum Gasteiger partial charge on any atom is -0.221 e. The molecule has 94 valence electrons. The molecule has 0 spiro atoms. The molecule has 16 heavy (non-hydrogen) atoms. The van der Waals surface area contributed by atoms with E-state index >= 15 is 0 Å². The van der Waals surface area contributed by atoms with Gasteiger partial charge in [0.25, 0.3) is 0 Å². The summed E-state index contributed by atoms with van der Waals surface area (Å²) in [7, 11) is 0. The quantitative estimate of drug-likeness (QED) is 0.221. The zero-order chi connectivity index (χ0) is 12.1. The average Bonchev–Trinajstić information content (AvgIpc) is 2.27. The number of carbonyl (C=O) groups excluding carboxylic acids is 1. The van der Waals surface area contributed by atoms with Gasteiger partial charge >= 0.3 is 0 Å². The number of alkyl halides is 1. The van der Waals surface area contributed by atoms with Gasteiger partial charge in [-0.05, 0) is 12.8 Å². The number of hydrogen-bond acceptors (Lipinski definition) is 2. The smallest absolute Gasteiger partial charge is 0.221 e. The molecule has 0 saturated carbocycles. The molecule has 0 N–H and O–H groups in total. The van der Waals surface area contributed by atoms with Gasteiger partial charge in [0.2, 0.25) is 12.4 Å². The Balaban J connectivity index is 3.06. The molecule has 2 nitrogen and oxygen atoms in total. The molecule has 0 saturated heterocycles. The highest BCUT2D eigenvalue weighted by atomic mass is 19.1. The molecule has 0 rings (SSSR count). The average molecular weight is 229 g/mol. The SMILES string of the molecule is CCCCCCCCCCCC(F)N=C=O. The van der Waals surface area contributed by atoms with Crippen LogP contribution in [-0.4, -0.2) is 12.4 Å². The lowest BCUT2D eigenvalue weighted by Gasteiger charge is -2.02. The van der Waals surface area contributed by atoms with Crippen molar-refractivity contribution in [1.82, 2.24) is 0 Å². The third-order valence-corrected chi connectivity index (χ3v) is 2.74. The fourth-order valence-electron chi connectivity index (χ4n) is 1.75. The Morgan fingerprint density at radius 2 is 1.50 bits per heavy atom. The summed E-state index contributed by atoms with van der Waals surface area (Å²) in [5, 5.41) is 0. The summed E-state index contributed by atoms with van der Waals surface area (Å²) in [5.74, 6) is 0. The van der Waals surface area contributed by atoms with Crippen molar-refractivity contribution in [2.24, 2.45) is 4.99 Å². The summed E-state index contributed by atoms with van der Waals surface area (Å²) < 4.78 is 12.7. The molecule has 0 fully saturated rings. The van der Waals surface area contributed by atoms with Gasteiger partial charge in [-0.2, -0.15) is 4.99 Å². The van der Waals surface area contributed by atoms with Gasteiger partial charge in [0, 0.05) is 0 Å². The summed E-state index contributed by atoms with van der Waals surface area (Å²) in [4.78, 5) is 12.8. The molecule has 3 heteroatoms. The first kappa shape index (κ1) is 15.3. The molecule has 0 amide bonds. The van der Waals surface area contributed by atoms with Crippen molar-refractivity contribution >= 4 is 6.08 Å². The maximum Gasteiger partial charge on any atom is 0.237 e. The lowest BCUT2D eigenvalue weighted by molar-refractivity contribution is 0.315. The fourth-order valence-corrected chi connectivity index (χ4v) is 1.75. The Morgan fingerprint density at radius 3 is 2.00 bits per heavy atom. The van der Waals surface area contributed by atoms with Crippen molar-refractivity contribution in [3.8, 4) is 0 Å². The van der Waals surface area contributed by atoms with Crippen LogP contribution in [0.5, 0.6) is 0 Å². The van der Waals surface area contributed by atoms with Gasteiger partial charge in [-0.25, -0.2) is 9.18 Å². The van der Waals surface area contributed by atoms with Gasteiger partial charge in [0.15, 0.2) is 0 Å². The molecule has 0 aliphatic carbocycles. The molecule has 0 aliphatic heterocycles. The summed E-state index contributed by atoms with van der Waals surface area (Å²) in [5.41, 5.74) is 0. The standard InChI is InChI=1S/C13H24FNO/c1-2-3-4-5-6-7-8-9-10-11-13(14)15-12-16/h13H,2-11H2,1H3. The molecule has 0 aromatic heterocycles. The highest BCUT2D eigenvalue weighted by molar-refractivity contribution is 5.33. The van der Waals surface area contributed by atoms with Crippen molar-refractivity contribution in [2.75, 3.05) is 0 Å². The molecule has 0 heterocycles. The van der Waals surface area contributed by atoms with Gasteiger partial charge in [-0.3, -0.25) is 0 Å². The second kappa shape index (κ2) is 12.4. The van der Waals surface area contributed by atoms with Crippen molar-refractivity contribution in [2.45, 2.75) is 77.4 Å². The van der Waals surface area contributed by atoms with Crippen LogP contribution >= 0.6 is 0 Å². The lowest BCUT2D eigenvalue weighted by atomic mass is 10.1. The normalized spacial score (nSPS) is 12.1. The second-order valence-electron chi connectivity index (χ2n) is 4.27. The van der Waals surface area contributed by atoms with Gasteiger partial charge in [-0.1, -0.05) is 58.3 Å². The van der Waals surface area contributed by atoms with Gasteiger partial charge in [0.1, 0.15) is 0 Å². The van der Waals surface area contributed by atoms with Crippen molar-refractivity contribution in [1.29, 1.82) is 0 Å². The summed E-state index contributed by atoms with van der Waals surface area (Å²) in [6.07, 6.45) is 11.2. The molecule has 1 unspecified atom stereocenters. The van der Waals surface area contributed by atoms with E-state index in [4.69, 9.17) is 0 Å². The first-order valence-corrected chi connectivity index (χ1v) is 6.52. The number of hydrogen-bond donors (Lipinski definition) is 0. The topological polar surface area (TPSA) is 29.4 Å². The summed E-state index contributed by atoms with van der Waals surface area (Å²) >= 11 is 0. The number of nitrogens with zero attached hydrogens (tertiary/aromatic N) is 1. The number of aliphatic imine (C=N–C) groups is 1. The minimum atomic E-state index is -1.33. The first-order chi connectivity index (χ1) is 7.81. The van der Waals surface area contributed by atoms with E-state index in [1.807, 2.05) is 0 Å². The lowest BCUT2D eigenvalue weighted by Crippen LogP contribution is -1.94. The molecule has 1 atom stereocenters. The molecule has 0 aromatic rings. The van der Waals surface area contributed by atoms with Crippen LogP contribution in [-0.2, 0) is 4.79 Å². The molecule has 0 bridgehead atoms. The fraction of sp³-hybridized carbons (Fsp3) is 0.923. The van der Waals surface area contributed by atoms with Gasteiger partial charge in [0.05, 0.1) is 0 Å². The Hall–Kier alpha value is -0.690. The van der Waals surface area contributed by atoms with E-state index in [1.54, 1.807) is 0 Å². The maximum atomic E-state index is 12.7. The van der Waals surface area contributed by atoms with Crippen molar-refractivity contribution in [3.63, 3.8) is 0 Å². The van der Waals surface area contributed by atoms with Crippen LogP contribution in [0.4, 0.5) is 4.39 Å². The molecule has 0 radical (unpaired) electrons. The molecule has 0 aliphatic rings. The monoisotopic (exact) mass is 229 g/mol. The van der Waals surface area contributed by atoms with E-state index in [-0.39, 0.29) is 0 Å². The van der Waals surface area contributed by atoms with Crippen LogP contribution in [0.3, 0.4) is 0 Å². The van der Waals surface area contributed by atoms with E-state index in [1.165, 1.54) is 51.0 Å². The summed E-state index contributed by atoms with van der Waals surface area (Å²) in [6.45, 7) is 2.22. The number of rotatable bonds is 11. The Labute approximate surface area is 98.3 Å². The van der Waals surface area contributed by atoms with Crippen LogP contribution in [0, 0.1) is 0 Å². The highest BCUT2D eigenvalue weighted by Crippen LogP contribution is 2.12. The molecule has 0 aromatic carbocycles. The Bertz CT molecular complexity index is 190. The highest BCUT2D eigenvalue weighted by Gasteiger charge is 2.01. The van der Waals surface area contributed by atoms with Crippen LogP contribution in [0.25, 0.3) is 0 Å². The van der Waals surface area contributed by atoms with Crippen LogP contribution in [0.2, 0.25) is 0 Å². The zero-order valence-corrected chi connectivity index (χ0v) is 10.4.